The van der Waals surface area contributed by atoms with Crippen molar-refractivity contribution < 1.29 is 20.8 Å². The number of hydrogen-bond donors (Lipinski definition) is 0. The van der Waals surface area contributed by atoms with Crippen molar-refractivity contribution in [2.45, 2.75) is 82.3 Å². The quantitative estimate of drug-likeness (QED) is 0.122. The van der Waals surface area contributed by atoms with Gasteiger partial charge in [0, 0.05) is 9.52 Å². The van der Waals surface area contributed by atoms with E-state index < -0.39 is 20.8 Å². The summed E-state index contributed by atoms with van der Waals surface area (Å²) in [5.74, 6) is 0. The van der Waals surface area contributed by atoms with Crippen LogP contribution in [0.1, 0.15) is 55.6 Å². The van der Waals surface area contributed by atoms with Gasteiger partial charge in [-0.15, -0.1) is 44.8 Å². The molecule has 0 bridgehead atoms. The summed E-state index contributed by atoms with van der Waals surface area (Å²) in [6.45, 7) is 26.1. The molecule has 0 heterocycles. The van der Waals surface area contributed by atoms with E-state index in [9.17, 15) is 0 Å². The SMILES string of the molecule is C[Si]C.Cc1cc(C)cc(-c2ccc(-c3cc(C)cc(C)c3)c3[cH-]c(C)cc23)c1.Cc1cc(C)cc(-c2ccc(-c3cc(C)cc(C)c3)c3[cH-]c(C)cc23)c1.[Cl][Zr+2][Cl]. The van der Waals surface area contributed by atoms with Crippen molar-refractivity contribution in [3.63, 3.8) is 0 Å². The molecule has 58 heavy (non-hydrogen) atoms. The first-order chi connectivity index (χ1) is 27.6. The first-order valence-corrected chi connectivity index (χ1v) is 28.3. The van der Waals surface area contributed by atoms with E-state index in [4.69, 9.17) is 17.0 Å². The second-order valence-corrected chi connectivity index (χ2v) is 20.9. The topological polar surface area (TPSA) is 0 Å². The van der Waals surface area contributed by atoms with Gasteiger partial charge in [-0.3, -0.25) is 0 Å². The number of aryl methyl sites for hydroxylation is 10. The summed E-state index contributed by atoms with van der Waals surface area (Å²) in [4.78, 5) is 0. The van der Waals surface area contributed by atoms with Gasteiger partial charge in [0.05, 0.1) is 0 Å². The van der Waals surface area contributed by atoms with Crippen LogP contribution in [-0.4, -0.2) is 9.52 Å². The van der Waals surface area contributed by atoms with Crippen LogP contribution in [0, 0.1) is 69.2 Å². The maximum absolute atomic E-state index is 4.93. The maximum atomic E-state index is 4.93. The van der Waals surface area contributed by atoms with Crippen molar-refractivity contribution in [3.8, 4) is 44.5 Å². The van der Waals surface area contributed by atoms with Crippen molar-refractivity contribution in [2.75, 3.05) is 0 Å². The Morgan fingerprint density at radius 1 is 0.362 bits per heavy atom. The molecule has 0 saturated heterocycles. The average molecular weight is 895 g/mol. The Balaban J connectivity index is 0.000000195. The minimum absolute atomic E-state index is 0.826. The van der Waals surface area contributed by atoms with Crippen LogP contribution in [0.3, 0.4) is 0 Å². The van der Waals surface area contributed by atoms with E-state index in [0.717, 1.165) is 9.52 Å². The van der Waals surface area contributed by atoms with E-state index in [1.165, 1.54) is 122 Å². The van der Waals surface area contributed by atoms with Gasteiger partial charge in [0.15, 0.2) is 0 Å². The Bertz CT molecular complexity index is 2230. The molecular weight excluding hydrogens is 839 g/mol. The molecule has 8 rings (SSSR count). The zero-order valence-electron chi connectivity index (χ0n) is 36.3. The molecule has 8 aromatic rings. The summed E-state index contributed by atoms with van der Waals surface area (Å²) >= 11 is -0.826. The monoisotopic (exact) mass is 892 g/mol. The van der Waals surface area contributed by atoms with Gasteiger partial charge < -0.3 is 0 Å². The van der Waals surface area contributed by atoms with Gasteiger partial charge in [-0.2, -0.15) is 12.1 Å². The molecule has 294 valence electrons. The fourth-order valence-corrected chi connectivity index (χ4v) is 8.42. The molecule has 2 radical (unpaired) electrons. The second-order valence-electron chi connectivity index (χ2n) is 16.1. The molecule has 0 unspecified atom stereocenters. The molecule has 0 fully saturated rings. The van der Waals surface area contributed by atoms with Crippen LogP contribution < -0.4 is 0 Å². The van der Waals surface area contributed by atoms with Gasteiger partial charge in [0.25, 0.3) is 0 Å². The average Bonchev–Trinajstić information content (AvgIpc) is 3.72. The van der Waals surface area contributed by atoms with Gasteiger partial charge in [0.1, 0.15) is 0 Å². The van der Waals surface area contributed by atoms with Crippen LogP contribution >= 0.6 is 17.0 Å². The van der Waals surface area contributed by atoms with Gasteiger partial charge in [-0.25, -0.2) is 0 Å². The molecule has 4 heteroatoms. The normalized spacial score (nSPS) is 10.6. The second kappa shape index (κ2) is 20.5. The third-order valence-corrected chi connectivity index (χ3v) is 10.2. The molecule has 0 aliphatic heterocycles. The van der Waals surface area contributed by atoms with Crippen LogP contribution in [0.5, 0.6) is 0 Å². The standard InChI is InChI=1S/2C26H25.C2H6Si.2ClH.Zr/c2*1-16-8-17(2)11-21(10-16)23-6-7-24(26-15-20(5)14-25(23)26)22-12-18(3)9-19(4)13-22;1-3-2;;;/h2*6-15H,1-5H3;1-2H3;2*1H;/q2*-1;;;;+4/p-2. The van der Waals surface area contributed by atoms with E-state index in [2.05, 4.69) is 204 Å². The molecule has 0 aromatic heterocycles. The molecule has 0 aliphatic rings. The molecule has 0 nitrogen and oxygen atoms in total. The van der Waals surface area contributed by atoms with E-state index in [1.807, 2.05) is 0 Å². The fourth-order valence-electron chi connectivity index (χ4n) is 8.42. The first kappa shape index (κ1) is 45.3. The Morgan fingerprint density at radius 2 is 0.569 bits per heavy atom. The summed E-state index contributed by atoms with van der Waals surface area (Å²) in [6, 6.07) is 45.8. The van der Waals surface area contributed by atoms with Gasteiger partial charge in [0.2, 0.25) is 0 Å². The molecule has 0 amide bonds. The molecule has 0 saturated carbocycles. The molecular formula is C54H56Cl2SiZr. The van der Waals surface area contributed by atoms with E-state index in [0.29, 0.717) is 0 Å². The summed E-state index contributed by atoms with van der Waals surface area (Å²) < 4.78 is 0. The van der Waals surface area contributed by atoms with Crippen molar-refractivity contribution in [1.29, 1.82) is 0 Å². The summed E-state index contributed by atoms with van der Waals surface area (Å²) in [6.07, 6.45) is 0. The van der Waals surface area contributed by atoms with Gasteiger partial charge >= 0.3 is 37.9 Å². The summed E-state index contributed by atoms with van der Waals surface area (Å²) in [7, 11) is 11.0. The third-order valence-electron chi connectivity index (χ3n) is 10.2. The molecule has 0 aliphatic carbocycles. The molecule has 0 N–H and O–H groups in total. The van der Waals surface area contributed by atoms with Crippen LogP contribution in [0.15, 0.2) is 121 Å². The number of fused-ring (bicyclic) bond motifs is 2. The van der Waals surface area contributed by atoms with Crippen LogP contribution in [0.25, 0.3) is 66.1 Å². The third kappa shape index (κ3) is 11.3. The van der Waals surface area contributed by atoms with Gasteiger partial charge in [-0.05, 0) is 66.5 Å². The first-order valence-electron chi connectivity index (χ1n) is 19.9. The molecule has 8 aromatic carbocycles. The number of benzene rings is 6. The Kier molecular flexibility index (Phi) is 16.0. The van der Waals surface area contributed by atoms with Crippen molar-refractivity contribution in [2.24, 2.45) is 0 Å². The number of halogens is 2. The minimum atomic E-state index is -0.826. The summed E-state index contributed by atoms with van der Waals surface area (Å²) in [5, 5.41) is 5.40. The van der Waals surface area contributed by atoms with Crippen LogP contribution in [0.4, 0.5) is 0 Å². The Morgan fingerprint density at radius 3 is 0.810 bits per heavy atom. The number of hydrogen-bond acceptors (Lipinski definition) is 0. The zero-order chi connectivity index (χ0) is 42.3. The Hall–Kier alpha value is -3.78. The van der Waals surface area contributed by atoms with E-state index in [-0.39, 0.29) is 0 Å². The van der Waals surface area contributed by atoms with Crippen molar-refractivity contribution in [1.82, 2.24) is 0 Å². The zero-order valence-corrected chi connectivity index (χ0v) is 41.3. The van der Waals surface area contributed by atoms with Crippen molar-refractivity contribution >= 4 is 48.1 Å². The Labute approximate surface area is 369 Å². The van der Waals surface area contributed by atoms with Crippen LogP contribution in [-0.2, 0) is 20.8 Å². The van der Waals surface area contributed by atoms with Gasteiger partial charge in [-0.1, -0.05) is 202 Å². The van der Waals surface area contributed by atoms with Crippen LogP contribution in [0.2, 0.25) is 13.1 Å². The number of rotatable bonds is 4. The van der Waals surface area contributed by atoms with Crippen molar-refractivity contribution in [3.05, 3.63) is 177 Å². The molecule has 0 atom stereocenters. The summed E-state index contributed by atoms with van der Waals surface area (Å²) in [5.41, 5.74) is 23.7. The predicted octanol–water partition coefficient (Wildman–Crippen LogP) is 17.0. The molecule has 0 spiro atoms. The van der Waals surface area contributed by atoms with E-state index in [1.54, 1.807) is 0 Å². The fraction of sp³-hybridized carbons (Fsp3) is 0.222. The predicted molar refractivity (Wildman–Crippen MR) is 257 cm³/mol. The van der Waals surface area contributed by atoms with E-state index >= 15 is 0 Å².